The highest BCUT2D eigenvalue weighted by molar-refractivity contribution is 5.84. The lowest BCUT2D eigenvalue weighted by molar-refractivity contribution is 0.109. The van der Waals surface area contributed by atoms with Crippen LogP contribution in [0.2, 0.25) is 0 Å². The van der Waals surface area contributed by atoms with Gasteiger partial charge in [-0.15, -0.1) is 0 Å². The van der Waals surface area contributed by atoms with Crippen molar-refractivity contribution in [2.75, 3.05) is 13.2 Å². The summed E-state index contributed by atoms with van der Waals surface area (Å²) in [6, 6.07) is 14.0. The maximum Gasteiger partial charge on any atom is 0.220 e. The van der Waals surface area contributed by atoms with Gasteiger partial charge in [0.2, 0.25) is 11.9 Å². The van der Waals surface area contributed by atoms with Crippen LogP contribution in [0.1, 0.15) is 11.1 Å². The molecule has 0 saturated carbocycles. The number of amidine groups is 1. The maximum absolute atomic E-state index is 15.4. The first-order valence-corrected chi connectivity index (χ1v) is 10.8. The molecule has 0 fully saturated rings. The van der Waals surface area contributed by atoms with Gasteiger partial charge in [0.25, 0.3) is 0 Å². The van der Waals surface area contributed by atoms with Crippen molar-refractivity contribution in [3.8, 4) is 33.8 Å². The normalized spacial score (nSPS) is 18.4. The topological polar surface area (TPSA) is 82.6 Å². The monoisotopic (exact) mass is 474 g/mol. The average molecular weight is 474 g/mol. The minimum absolute atomic E-state index is 0.0295. The van der Waals surface area contributed by atoms with Gasteiger partial charge < -0.3 is 15.2 Å². The Morgan fingerprint density at radius 2 is 1.71 bits per heavy atom. The smallest absolute Gasteiger partial charge is 0.220 e. The molecule has 0 amide bonds. The molecule has 0 bridgehead atoms. The second kappa shape index (κ2) is 7.92. The Labute approximate surface area is 197 Å². The maximum atomic E-state index is 15.4. The van der Waals surface area contributed by atoms with Crippen LogP contribution in [0, 0.1) is 17.7 Å². The van der Waals surface area contributed by atoms with Gasteiger partial charge in [-0.25, -0.2) is 14.4 Å². The van der Waals surface area contributed by atoms with Crippen LogP contribution in [0.3, 0.4) is 0 Å². The number of hydrogen-bond acceptors (Lipinski definition) is 6. The summed E-state index contributed by atoms with van der Waals surface area (Å²) in [5.41, 5.74) is 7.39. The van der Waals surface area contributed by atoms with Gasteiger partial charge in [-0.2, -0.15) is 8.78 Å². The van der Waals surface area contributed by atoms with E-state index in [1.807, 2.05) is 0 Å². The van der Waals surface area contributed by atoms with E-state index < -0.39 is 23.3 Å². The number of ether oxygens (including phenoxy) is 2. The lowest BCUT2D eigenvalue weighted by Crippen LogP contribution is -2.42. The Bertz CT molecular complexity index is 1520. The quantitative estimate of drug-likeness (QED) is 0.415. The summed E-state index contributed by atoms with van der Waals surface area (Å²) in [6.45, 7) is 0.158. The Hall–Kier alpha value is -4.24. The Kier molecular flexibility index (Phi) is 4.82. The molecule has 4 aromatic rings. The first-order valence-electron chi connectivity index (χ1n) is 10.8. The van der Waals surface area contributed by atoms with E-state index in [9.17, 15) is 8.78 Å². The highest BCUT2D eigenvalue weighted by Gasteiger charge is 2.46. The molecule has 6 nitrogen and oxygen atoms in total. The minimum Gasteiger partial charge on any atom is -0.453 e. The van der Waals surface area contributed by atoms with Crippen LogP contribution >= 0.6 is 0 Å². The number of benzene rings is 2. The van der Waals surface area contributed by atoms with Crippen molar-refractivity contribution < 1.29 is 22.6 Å². The number of halogens is 3. The van der Waals surface area contributed by atoms with Crippen molar-refractivity contribution in [2.45, 2.75) is 5.54 Å². The van der Waals surface area contributed by atoms with Crippen molar-refractivity contribution in [1.29, 1.82) is 0 Å². The van der Waals surface area contributed by atoms with Gasteiger partial charge in [-0.1, -0.05) is 6.07 Å². The summed E-state index contributed by atoms with van der Waals surface area (Å²) in [5.74, 6) is -1.44. The largest absolute Gasteiger partial charge is 0.453 e. The SMILES string of the molecule is NC1=NC2(COC1)c1cc(-c3cccnc3F)ccc1Oc1c(F)cc(-c3ccnc(F)c3)cc12. The van der Waals surface area contributed by atoms with Gasteiger partial charge in [0.15, 0.2) is 11.6 Å². The van der Waals surface area contributed by atoms with Gasteiger partial charge in [-0.05, 0) is 59.2 Å². The van der Waals surface area contributed by atoms with E-state index in [-0.39, 0.29) is 30.4 Å². The van der Waals surface area contributed by atoms with E-state index in [2.05, 4.69) is 9.97 Å². The Morgan fingerprint density at radius 1 is 0.857 bits per heavy atom. The van der Waals surface area contributed by atoms with E-state index >= 15 is 4.39 Å². The summed E-state index contributed by atoms with van der Waals surface area (Å²) in [4.78, 5) is 12.0. The summed E-state index contributed by atoms with van der Waals surface area (Å²) in [6.07, 6.45) is 2.67. The number of aromatic nitrogens is 2. The van der Waals surface area contributed by atoms with Gasteiger partial charge in [0.05, 0.1) is 6.61 Å². The molecule has 2 aliphatic heterocycles. The summed E-state index contributed by atoms with van der Waals surface area (Å²) >= 11 is 0. The van der Waals surface area contributed by atoms with Gasteiger partial charge in [0, 0.05) is 35.2 Å². The molecule has 1 unspecified atom stereocenters. The summed E-state index contributed by atoms with van der Waals surface area (Å²) in [7, 11) is 0. The number of rotatable bonds is 2. The summed E-state index contributed by atoms with van der Waals surface area (Å²) < 4.78 is 55.4. The lowest BCUT2D eigenvalue weighted by Gasteiger charge is -2.39. The third kappa shape index (κ3) is 3.43. The first kappa shape index (κ1) is 21.3. The van der Waals surface area contributed by atoms with Crippen molar-refractivity contribution in [3.63, 3.8) is 0 Å². The molecule has 0 aliphatic carbocycles. The molecule has 0 radical (unpaired) electrons. The molecule has 2 aromatic carbocycles. The highest BCUT2D eigenvalue weighted by atomic mass is 19.1. The molecule has 6 rings (SSSR count). The van der Waals surface area contributed by atoms with Crippen LogP contribution in [0.4, 0.5) is 13.2 Å². The van der Waals surface area contributed by atoms with Crippen molar-refractivity contribution in [3.05, 3.63) is 95.8 Å². The molecule has 35 heavy (non-hydrogen) atoms. The molecule has 174 valence electrons. The molecule has 1 spiro atoms. The number of hydrogen-bond donors (Lipinski definition) is 1. The van der Waals surface area contributed by atoms with E-state index in [1.54, 1.807) is 42.5 Å². The standard InChI is InChI=1S/C26H17F3N4O2/c27-20-10-16(14-5-7-31-22(28)11-14)9-19-24(20)35-21-4-3-15(17-2-1-6-32-25(17)29)8-18(21)26(19)13-34-12-23(30)33-26/h1-11H,12-13H2,(H2,30,33). The van der Waals surface area contributed by atoms with Crippen molar-refractivity contribution in [2.24, 2.45) is 10.7 Å². The second-order valence-corrected chi connectivity index (χ2v) is 8.31. The van der Waals surface area contributed by atoms with Crippen LogP contribution < -0.4 is 10.5 Å². The fourth-order valence-electron chi connectivity index (χ4n) is 4.61. The number of nitrogens with zero attached hydrogens (tertiary/aromatic N) is 3. The van der Waals surface area contributed by atoms with Gasteiger partial charge >= 0.3 is 0 Å². The molecular weight excluding hydrogens is 457 g/mol. The predicted molar refractivity (Wildman–Crippen MR) is 123 cm³/mol. The molecular formula is C26H17F3N4O2. The molecule has 4 heterocycles. The van der Waals surface area contributed by atoms with Crippen LogP contribution in [0.15, 0.2) is 72.0 Å². The number of nitrogens with two attached hydrogens (primary N) is 1. The third-order valence-electron chi connectivity index (χ3n) is 6.15. The molecule has 1 atom stereocenters. The van der Waals surface area contributed by atoms with Crippen LogP contribution in [-0.2, 0) is 10.3 Å². The van der Waals surface area contributed by atoms with Crippen LogP contribution in [0.5, 0.6) is 11.5 Å². The Balaban J connectivity index is 1.61. The zero-order valence-electron chi connectivity index (χ0n) is 18.1. The van der Waals surface area contributed by atoms with E-state index in [1.165, 1.54) is 24.5 Å². The number of pyridine rings is 2. The molecule has 2 aromatic heterocycles. The molecule has 2 N–H and O–H groups in total. The number of fused-ring (bicyclic) bond motifs is 4. The van der Waals surface area contributed by atoms with E-state index in [0.29, 0.717) is 33.6 Å². The minimum atomic E-state index is -1.26. The van der Waals surface area contributed by atoms with Crippen molar-refractivity contribution >= 4 is 5.84 Å². The predicted octanol–water partition coefficient (Wildman–Crippen LogP) is 4.96. The van der Waals surface area contributed by atoms with Gasteiger partial charge in [-0.3, -0.25) is 4.99 Å². The highest BCUT2D eigenvalue weighted by Crippen LogP contribution is 2.52. The lowest BCUT2D eigenvalue weighted by atomic mass is 9.78. The van der Waals surface area contributed by atoms with Crippen molar-refractivity contribution in [1.82, 2.24) is 9.97 Å². The van der Waals surface area contributed by atoms with Gasteiger partial charge in [0.1, 0.15) is 23.7 Å². The van der Waals surface area contributed by atoms with E-state index in [0.717, 1.165) is 0 Å². The average Bonchev–Trinajstić information content (AvgIpc) is 2.85. The Morgan fingerprint density at radius 3 is 2.51 bits per heavy atom. The number of aliphatic imine (C=N–C) groups is 1. The second-order valence-electron chi connectivity index (χ2n) is 8.31. The zero-order chi connectivity index (χ0) is 24.2. The van der Waals surface area contributed by atoms with Crippen LogP contribution in [-0.4, -0.2) is 29.0 Å². The molecule has 9 heteroatoms. The molecule has 2 aliphatic rings. The fourth-order valence-corrected chi connectivity index (χ4v) is 4.61. The first-order chi connectivity index (χ1) is 16.9. The third-order valence-corrected chi connectivity index (χ3v) is 6.15. The fraction of sp³-hybridized carbons (Fsp3) is 0.115. The van der Waals surface area contributed by atoms with E-state index in [4.69, 9.17) is 20.2 Å². The summed E-state index contributed by atoms with van der Waals surface area (Å²) in [5, 5.41) is 0. The van der Waals surface area contributed by atoms with Crippen LogP contribution in [0.25, 0.3) is 22.3 Å². The molecule has 0 saturated heterocycles. The zero-order valence-corrected chi connectivity index (χ0v) is 18.1.